The Kier molecular flexibility index (Phi) is 5.03. The first-order valence-corrected chi connectivity index (χ1v) is 13.1. The average Bonchev–Trinajstić information content (AvgIpc) is 3.04. The van der Waals surface area contributed by atoms with Crippen LogP contribution in [0.3, 0.4) is 0 Å². The van der Waals surface area contributed by atoms with Gasteiger partial charge in [0.1, 0.15) is 5.69 Å². The van der Waals surface area contributed by atoms with Crippen molar-refractivity contribution in [3.63, 3.8) is 0 Å². The minimum Gasteiger partial charge on any atom is -0.254 e. The van der Waals surface area contributed by atoms with Crippen molar-refractivity contribution in [1.29, 1.82) is 0 Å². The van der Waals surface area contributed by atoms with Gasteiger partial charge in [-0.2, -0.15) is 0 Å². The highest BCUT2D eigenvalue weighted by Gasteiger charge is 2.19. The van der Waals surface area contributed by atoms with Crippen LogP contribution in [0.4, 0.5) is 0 Å². The van der Waals surface area contributed by atoms with Crippen molar-refractivity contribution in [2.45, 2.75) is 0 Å². The van der Waals surface area contributed by atoms with Crippen LogP contribution >= 0.6 is 0 Å². The van der Waals surface area contributed by atoms with Crippen molar-refractivity contribution in [2.24, 2.45) is 0 Å². The van der Waals surface area contributed by atoms with Crippen LogP contribution in [0.1, 0.15) is 0 Å². The molecule has 4 heterocycles. The molecular formula is C34H20N6. The summed E-state index contributed by atoms with van der Waals surface area (Å²) in [5, 5.41) is 5.05. The molecule has 0 saturated heterocycles. The Morgan fingerprint density at radius 1 is 0.425 bits per heavy atom. The predicted octanol–water partition coefficient (Wildman–Crippen LogP) is 7.67. The molecule has 4 aromatic carbocycles. The number of pyridine rings is 3. The zero-order valence-electron chi connectivity index (χ0n) is 21.2. The fraction of sp³-hybridized carbons (Fsp3) is 0. The number of hydrogen-bond acceptors (Lipinski definition) is 6. The first-order chi connectivity index (χ1) is 19.8. The standard InChI is InChI=1S/C34H20N6/c1-3-10-22(11-4-1)32-38-33(23-12-5-2-6-13-23)40-34(39-32)31-26-20-36-30-25(18-17-21-14-9-19-35-29(21)30)28(26)24-15-7-8-16-27(24)37-31/h1-20H. The summed E-state index contributed by atoms with van der Waals surface area (Å²) in [6.45, 7) is 0. The maximum absolute atomic E-state index is 5.10. The lowest BCUT2D eigenvalue weighted by Gasteiger charge is -2.13. The molecule has 8 aromatic rings. The van der Waals surface area contributed by atoms with E-state index < -0.39 is 0 Å². The minimum absolute atomic E-state index is 0.503. The van der Waals surface area contributed by atoms with E-state index in [-0.39, 0.29) is 0 Å². The van der Waals surface area contributed by atoms with Crippen molar-refractivity contribution in [3.05, 3.63) is 122 Å². The molecule has 186 valence electrons. The summed E-state index contributed by atoms with van der Waals surface area (Å²) in [5.74, 6) is 1.69. The molecule has 0 N–H and O–H groups in total. The van der Waals surface area contributed by atoms with Gasteiger partial charge in [-0.3, -0.25) is 9.97 Å². The molecule has 0 spiro atoms. The van der Waals surface area contributed by atoms with Crippen molar-refractivity contribution in [2.75, 3.05) is 0 Å². The van der Waals surface area contributed by atoms with Crippen LogP contribution in [-0.2, 0) is 0 Å². The number of nitrogens with zero attached hydrogens (tertiary/aromatic N) is 6. The second kappa shape index (κ2) is 8.99. The van der Waals surface area contributed by atoms with E-state index in [0.717, 1.165) is 54.6 Å². The van der Waals surface area contributed by atoms with Gasteiger partial charge < -0.3 is 0 Å². The Labute approximate surface area is 229 Å². The third kappa shape index (κ3) is 3.58. The molecule has 0 fully saturated rings. The Hall–Kier alpha value is -5.62. The van der Waals surface area contributed by atoms with Gasteiger partial charge in [0, 0.05) is 50.5 Å². The molecule has 0 amide bonds. The van der Waals surface area contributed by atoms with Crippen LogP contribution in [0.2, 0.25) is 0 Å². The first kappa shape index (κ1) is 22.4. The Bertz CT molecular complexity index is 2160. The topological polar surface area (TPSA) is 77.3 Å². The van der Waals surface area contributed by atoms with Gasteiger partial charge in [-0.05, 0) is 12.1 Å². The smallest absolute Gasteiger partial charge is 0.183 e. The molecular weight excluding hydrogens is 492 g/mol. The van der Waals surface area contributed by atoms with Crippen LogP contribution in [0.15, 0.2) is 122 Å². The highest BCUT2D eigenvalue weighted by atomic mass is 15.0. The molecule has 0 saturated carbocycles. The van der Waals surface area contributed by atoms with Gasteiger partial charge in [-0.1, -0.05) is 97.1 Å². The Balaban J connectivity index is 1.49. The maximum Gasteiger partial charge on any atom is 0.183 e. The SMILES string of the molecule is c1ccc(-c2nc(-c3ccccc3)nc(-c3nc4ccccc4c4c3cnc3c4ccc4cccnc43)n2)cc1. The lowest BCUT2D eigenvalue weighted by atomic mass is 9.99. The predicted molar refractivity (Wildman–Crippen MR) is 160 cm³/mol. The molecule has 4 aromatic heterocycles. The van der Waals surface area contributed by atoms with Crippen LogP contribution in [-0.4, -0.2) is 29.9 Å². The van der Waals surface area contributed by atoms with E-state index in [4.69, 9.17) is 24.9 Å². The maximum atomic E-state index is 5.10. The van der Waals surface area contributed by atoms with Gasteiger partial charge in [-0.15, -0.1) is 0 Å². The van der Waals surface area contributed by atoms with Gasteiger partial charge in [0.2, 0.25) is 0 Å². The summed E-state index contributed by atoms with van der Waals surface area (Å²) >= 11 is 0. The number of aromatic nitrogens is 6. The molecule has 6 heteroatoms. The first-order valence-electron chi connectivity index (χ1n) is 13.1. The summed E-state index contributed by atoms with van der Waals surface area (Å²) in [4.78, 5) is 29.5. The Morgan fingerprint density at radius 3 is 1.85 bits per heavy atom. The molecule has 40 heavy (non-hydrogen) atoms. The van der Waals surface area contributed by atoms with E-state index in [1.165, 1.54) is 0 Å². The van der Waals surface area contributed by atoms with Gasteiger partial charge in [0.05, 0.1) is 16.6 Å². The minimum atomic E-state index is 0.503. The molecule has 8 rings (SSSR count). The fourth-order valence-corrected chi connectivity index (χ4v) is 5.32. The molecule has 0 atom stereocenters. The van der Waals surface area contributed by atoms with Crippen molar-refractivity contribution < 1.29 is 0 Å². The third-order valence-electron chi connectivity index (χ3n) is 7.18. The largest absolute Gasteiger partial charge is 0.254 e. The third-order valence-corrected chi connectivity index (χ3v) is 7.18. The lowest BCUT2D eigenvalue weighted by molar-refractivity contribution is 1.07. The van der Waals surface area contributed by atoms with Crippen molar-refractivity contribution >= 4 is 43.5 Å². The zero-order valence-corrected chi connectivity index (χ0v) is 21.2. The van der Waals surface area contributed by atoms with E-state index in [9.17, 15) is 0 Å². The molecule has 0 unspecified atom stereocenters. The summed E-state index contributed by atoms with van der Waals surface area (Å²) < 4.78 is 0. The highest BCUT2D eigenvalue weighted by Crippen LogP contribution is 2.37. The molecule has 0 aliphatic rings. The van der Waals surface area contributed by atoms with Gasteiger partial charge in [0.25, 0.3) is 0 Å². The van der Waals surface area contributed by atoms with E-state index in [0.29, 0.717) is 23.2 Å². The van der Waals surface area contributed by atoms with Crippen LogP contribution < -0.4 is 0 Å². The molecule has 0 aliphatic carbocycles. The summed E-state index contributed by atoms with van der Waals surface area (Å²) in [7, 11) is 0. The zero-order chi connectivity index (χ0) is 26.5. The molecule has 0 aliphatic heterocycles. The summed E-state index contributed by atoms with van der Waals surface area (Å²) in [6.07, 6.45) is 3.69. The average molecular weight is 513 g/mol. The van der Waals surface area contributed by atoms with Crippen LogP contribution in [0.5, 0.6) is 0 Å². The number of rotatable bonds is 3. The van der Waals surface area contributed by atoms with E-state index in [1.807, 2.05) is 97.3 Å². The Morgan fingerprint density at radius 2 is 1.10 bits per heavy atom. The van der Waals surface area contributed by atoms with Gasteiger partial charge in [-0.25, -0.2) is 19.9 Å². The highest BCUT2D eigenvalue weighted by molar-refractivity contribution is 6.24. The summed E-state index contributed by atoms with van der Waals surface area (Å²) in [6, 6.07) is 36.4. The summed E-state index contributed by atoms with van der Waals surface area (Å²) in [5.41, 5.74) is 5.09. The molecule has 0 bridgehead atoms. The van der Waals surface area contributed by atoms with Gasteiger partial charge in [0.15, 0.2) is 17.5 Å². The van der Waals surface area contributed by atoms with Crippen molar-refractivity contribution in [3.8, 4) is 34.3 Å². The molecule has 0 radical (unpaired) electrons. The second-order valence-electron chi connectivity index (χ2n) is 9.60. The fourth-order valence-electron chi connectivity index (χ4n) is 5.32. The lowest BCUT2D eigenvalue weighted by Crippen LogP contribution is -2.02. The van der Waals surface area contributed by atoms with E-state index in [1.54, 1.807) is 0 Å². The second-order valence-corrected chi connectivity index (χ2v) is 9.60. The number of fused-ring (bicyclic) bond motifs is 7. The number of benzene rings is 4. The van der Waals surface area contributed by atoms with E-state index in [2.05, 4.69) is 29.2 Å². The monoisotopic (exact) mass is 512 g/mol. The number of hydrogen-bond donors (Lipinski definition) is 0. The van der Waals surface area contributed by atoms with Crippen LogP contribution in [0.25, 0.3) is 77.8 Å². The normalized spacial score (nSPS) is 11.5. The molecule has 6 nitrogen and oxygen atoms in total. The van der Waals surface area contributed by atoms with Crippen molar-refractivity contribution in [1.82, 2.24) is 29.9 Å². The number of para-hydroxylation sites is 1. The van der Waals surface area contributed by atoms with Gasteiger partial charge >= 0.3 is 0 Å². The quantitative estimate of drug-likeness (QED) is 0.226. The van der Waals surface area contributed by atoms with E-state index >= 15 is 0 Å². The van der Waals surface area contributed by atoms with Crippen LogP contribution in [0, 0.1) is 0 Å².